The number of carboxylic acid groups (broad SMARTS) is 1. The Labute approximate surface area is 139 Å². The highest BCUT2D eigenvalue weighted by Gasteiger charge is 2.46. The second-order valence-electron chi connectivity index (χ2n) is 6.47. The lowest BCUT2D eigenvalue weighted by atomic mass is 9.76. The molecule has 2 aliphatic heterocycles. The van der Waals surface area contributed by atoms with Crippen LogP contribution >= 0.6 is 0 Å². The number of piperidine rings is 1. The van der Waals surface area contributed by atoms with Crippen molar-refractivity contribution in [1.29, 1.82) is 0 Å². The van der Waals surface area contributed by atoms with Crippen molar-refractivity contribution in [2.75, 3.05) is 13.7 Å². The number of hydrogen-bond donors (Lipinski definition) is 2. The van der Waals surface area contributed by atoms with Crippen molar-refractivity contribution in [2.45, 2.75) is 37.3 Å². The van der Waals surface area contributed by atoms with Gasteiger partial charge in [-0.05, 0) is 42.9 Å². The maximum atomic E-state index is 13.2. The van der Waals surface area contributed by atoms with Gasteiger partial charge in [-0.2, -0.15) is 0 Å². The summed E-state index contributed by atoms with van der Waals surface area (Å²) in [5, 5.41) is 13.2. The summed E-state index contributed by atoms with van der Waals surface area (Å²) in [5.74, 6) is -2.07. The van der Waals surface area contributed by atoms with E-state index >= 15 is 0 Å². The molecule has 2 bridgehead atoms. The summed E-state index contributed by atoms with van der Waals surface area (Å²) in [6.07, 6.45) is 2.70. The van der Waals surface area contributed by atoms with Gasteiger partial charge in [0.1, 0.15) is 5.82 Å². The highest BCUT2D eigenvalue weighted by molar-refractivity contribution is 5.80. The zero-order valence-electron chi connectivity index (χ0n) is 13.4. The first-order valence-electron chi connectivity index (χ1n) is 8.09. The topological polar surface area (TPSA) is 78.9 Å². The Kier molecular flexibility index (Phi) is 4.82. The normalized spacial score (nSPS) is 28.6. The van der Waals surface area contributed by atoms with Crippen molar-refractivity contribution < 1.29 is 23.9 Å². The second kappa shape index (κ2) is 6.86. The van der Waals surface area contributed by atoms with E-state index in [-0.39, 0.29) is 29.6 Å². The van der Waals surface area contributed by atoms with E-state index in [0.29, 0.717) is 6.04 Å². The molecule has 24 heavy (non-hydrogen) atoms. The molecule has 1 amide bonds. The molecule has 7 heteroatoms. The van der Waals surface area contributed by atoms with Crippen LogP contribution in [0.5, 0.6) is 0 Å². The number of amides is 1. The lowest BCUT2D eigenvalue weighted by molar-refractivity contribution is -0.191. The number of rotatable bonds is 5. The van der Waals surface area contributed by atoms with Crippen LogP contribution < -0.4 is 5.32 Å². The van der Waals surface area contributed by atoms with Gasteiger partial charge in [0.15, 0.2) is 6.61 Å². The first kappa shape index (κ1) is 16.9. The van der Waals surface area contributed by atoms with E-state index in [1.54, 1.807) is 12.1 Å². The van der Waals surface area contributed by atoms with Gasteiger partial charge in [0.25, 0.3) is 5.91 Å². The SMILES string of the molecule is CN(OCC(=O)O)C(=O)[C@@H]1C2CCC(C[C@H]1c1ccc(F)cc1)N2. The van der Waals surface area contributed by atoms with E-state index < -0.39 is 12.6 Å². The number of carbonyl (C=O) groups excluding carboxylic acids is 1. The second-order valence-corrected chi connectivity index (χ2v) is 6.47. The molecule has 130 valence electrons. The molecule has 2 aliphatic rings. The molecule has 0 spiro atoms. The molecule has 0 aromatic heterocycles. The lowest BCUT2D eigenvalue weighted by Crippen LogP contribution is -2.51. The molecule has 2 saturated heterocycles. The molecule has 6 nitrogen and oxygen atoms in total. The quantitative estimate of drug-likeness (QED) is 0.797. The number of nitrogens with zero attached hydrogens (tertiary/aromatic N) is 1. The third kappa shape index (κ3) is 3.42. The van der Waals surface area contributed by atoms with E-state index in [1.807, 2.05) is 0 Å². The molecule has 0 saturated carbocycles. The fourth-order valence-corrected chi connectivity index (χ4v) is 3.88. The van der Waals surface area contributed by atoms with E-state index in [0.717, 1.165) is 29.9 Å². The molecule has 0 aliphatic carbocycles. The van der Waals surface area contributed by atoms with E-state index in [2.05, 4.69) is 5.32 Å². The number of hydroxylamine groups is 2. The van der Waals surface area contributed by atoms with Crippen molar-refractivity contribution in [3.63, 3.8) is 0 Å². The summed E-state index contributed by atoms with van der Waals surface area (Å²) in [7, 11) is 1.44. The van der Waals surface area contributed by atoms with Gasteiger partial charge in [0.2, 0.25) is 0 Å². The maximum Gasteiger partial charge on any atom is 0.332 e. The van der Waals surface area contributed by atoms with Gasteiger partial charge in [-0.25, -0.2) is 14.2 Å². The lowest BCUT2D eigenvalue weighted by Gasteiger charge is -2.38. The molecule has 2 unspecified atom stereocenters. The van der Waals surface area contributed by atoms with Crippen molar-refractivity contribution in [3.8, 4) is 0 Å². The van der Waals surface area contributed by atoms with Crippen molar-refractivity contribution >= 4 is 11.9 Å². The minimum Gasteiger partial charge on any atom is -0.479 e. The number of hydrogen-bond acceptors (Lipinski definition) is 4. The Balaban J connectivity index is 1.82. The van der Waals surface area contributed by atoms with Gasteiger partial charge in [-0.3, -0.25) is 9.63 Å². The Morgan fingerprint density at radius 3 is 2.71 bits per heavy atom. The molecule has 2 fully saturated rings. The molecule has 2 N–H and O–H groups in total. The first-order valence-corrected chi connectivity index (χ1v) is 8.09. The summed E-state index contributed by atoms with van der Waals surface area (Å²) in [4.78, 5) is 28.5. The number of aliphatic carboxylic acids is 1. The number of fused-ring (bicyclic) bond motifs is 2. The molecular weight excluding hydrogens is 315 g/mol. The van der Waals surface area contributed by atoms with Crippen LogP contribution in [-0.4, -0.2) is 47.8 Å². The Bertz CT molecular complexity index is 622. The number of nitrogens with one attached hydrogen (secondary N) is 1. The molecular formula is C17H21FN2O4. The van der Waals surface area contributed by atoms with Gasteiger partial charge < -0.3 is 10.4 Å². The molecule has 4 atom stereocenters. The van der Waals surface area contributed by atoms with Crippen LogP contribution in [0.4, 0.5) is 4.39 Å². The standard InChI is InChI=1S/C17H21FN2O4/c1-20(24-9-15(21)22)17(23)16-13(8-12-6-7-14(16)19-12)10-2-4-11(18)5-3-10/h2-5,12-14,16,19H,6-9H2,1H3,(H,21,22)/t12?,13-,14?,16-/m0/s1. The van der Waals surface area contributed by atoms with Crippen LogP contribution in [0.25, 0.3) is 0 Å². The van der Waals surface area contributed by atoms with E-state index in [4.69, 9.17) is 9.94 Å². The molecule has 0 radical (unpaired) electrons. The highest BCUT2D eigenvalue weighted by Crippen LogP contribution is 2.42. The summed E-state index contributed by atoms with van der Waals surface area (Å²) in [6.45, 7) is -0.559. The Hall–Kier alpha value is -1.99. The van der Waals surface area contributed by atoms with Crippen LogP contribution in [0.3, 0.4) is 0 Å². The molecule has 3 rings (SSSR count). The third-order valence-corrected chi connectivity index (χ3v) is 4.96. The predicted octanol–water partition coefficient (Wildman–Crippen LogP) is 1.52. The minimum absolute atomic E-state index is 0.0298. The van der Waals surface area contributed by atoms with Crippen LogP contribution in [0, 0.1) is 11.7 Å². The highest BCUT2D eigenvalue weighted by atomic mass is 19.1. The fraction of sp³-hybridized carbons (Fsp3) is 0.529. The smallest absolute Gasteiger partial charge is 0.332 e. The summed E-state index contributed by atoms with van der Waals surface area (Å²) < 4.78 is 13.2. The third-order valence-electron chi connectivity index (χ3n) is 4.96. The van der Waals surface area contributed by atoms with Crippen molar-refractivity contribution in [3.05, 3.63) is 35.6 Å². The number of carboxylic acids is 1. The Morgan fingerprint density at radius 2 is 2.04 bits per heavy atom. The predicted molar refractivity (Wildman–Crippen MR) is 83.6 cm³/mol. The van der Waals surface area contributed by atoms with Crippen LogP contribution in [0.1, 0.15) is 30.7 Å². The van der Waals surface area contributed by atoms with Crippen LogP contribution in [0.2, 0.25) is 0 Å². The van der Waals surface area contributed by atoms with E-state index in [1.165, 1.54) is 19.2 Å². The van der Waals surface area contributed by atoms with Gasteiger partial charge in [0.05, 0.1) is 5.92 Å². The summed E-state index contributed by atoms with van der Waals surface area (Å²) in [6, 6.07) is 6.66. The average molecular weight is 336 g/mol. The number of halogens is 1. The fourth-order valence-electron chi connectivity index (χ4n) is 3.88. The number of benzene rings is 1. The van der Waals surface area contributed by atoms with E-state index in [9.17, 15) is 14.0 Å². The van der Waals surface area contributed by atoms with Crippen molar-refractivity contribution in [2.24, 2.45) is 5.92 Å². The monoisotopic (exact) mass is 336 g/mol. The minimum atomic E-state index is -1.13. The first-order chi connectivity index (χ1) is 11.5. The Morgan fingerprint density at radius 1 is 1.33 bits per heavy atom. The van der Waals surface area contributed by atoms with Gasteiger partial charge in [-0.1, -0.05) is 12.1 Å². The zero-order chi connectivity index (χ0) is 17.3. The molecule has 2 heterocycles. The van der Waals surface area contributed by atoms with Crippen LogP contribution in [0.15, 0.2) is 24.3 Å². The van der Waals surface area contributed by atoms with Gasteiger partial charge in [-0.15, -0.1) is 0 Å². The zero-order valence-corrected chi connectivity index (χ0v) is 13.4. The summed E-state index contributed by atoms with van der Waals surface area (Å²) >= 11 is 0. The van der Waals surface area contributed by atoms with Gasteiger partial charge in [0, 0.05) is 19.1 Å². The largest absolute Gasteiger partial charge is 0.479 e. The number of carbonyl (C=O) groups is 2. The molecule has 1 aromatic rings. The van der Waals surface area contributed by atoms with Crippen LogP contribution in [-0.2, 0) is 14.4 Å². The molecule has 1 aromatic carbocycles. The van der Waals surface area contributed by atoms with Gasteiger partial charge >= 0.3 is 5.97 Å². The maximum absolute atomic E-state index is 13.2. The van der Waals surface area contributed by atoms with Crippen molar-refractivity contribution in [1.82, 2.24) is 10.4 Å². The summed E-state index contributed by atoms with van der Waals surface area (Å²) in [5.41, 5.74) is 0.930. The average Bonchev–Trinajstić information content (AvgIpc) is 2.94.